The summed E-state index contributed by atoms with van der Waals surface area (Å²) >= 11 is 0. The summed E-state index contributed by atoms with van der Waals surface area (Å²) in [4.78, 5) is 13.9. The topological polar surface area (TPSA) is 20.3 Å². The van der Waals surface area contributed by atoms with Gasteiger partial charge in [0.1, 0.15) is 5.82 Å². The molecule has 2 rings (SSSR count). The summed E-state index contributed by atoms with van der Waals surface area (Å²) in [6.45, 7) is 1.97. The Morgan fingerprint density at radius 3 is 2.35 bits per heavy atom. The van der Waals surface area contributed by atoms with Gasteiger partial charge in [0.25, 0.3) is 0 Å². The smallest absolute Gasteiger partial charge is 0.227 e. The molecule has 1 amide bonds. The molecule has 0 spiro atoms. The summed E-state index contributed by atoms with van der Waals surface area (Å²) in [5.41, 5.74) is 1.50. The lowest BCUT2D eigenvalue weighted by Gasteiger charge is -2.25. The monoisotopic (exact) mass is 271 g/mol. The quantitative estimate of drug-likeness (QED) is 0.832. The van der Waals surface area contributed by atoms with E-state index in [0.717, 1.165) is 5.56 Å². The van der Waals surface area contributed by atoms with Crippen LogP contribution in [0.1, 0.15) is 24.1 Å². The SMILES string of the molecule is CC(c1ccccc1)N(C)C(=O)Cc1ccccc1F. The van der Waals surface area contributed by atoms with E-state index in [1.807, 2.05) is 37.3 Å². The van der Waals surface area contributed by atoms with Crippen LogP contribution in [0.15, 0.2) is 54.6 Å². The molecule has 2 aromatic carbocycles. The highest BCUT2D eigenvalue weighted by molar-refractivity contribution is 5.79. The minimum absolute atomic E-state index is 0.0320. The Labute approximate surface area is 118 Å². The molecule has 0 radical (unpaired) electrons. The minimum Gasteiger partial charge on any atom is -0.339 e. The molecule has 0 aliphatic rings. The first-order valence-electron chi connectivity index (χ1n) is 6.63. The van der Waals surface area contributed by atoms with Crippen LogP contribution in [0.5, 0.6) is 0 Å². The number of nitrogens with zero attached hydrogens (tertiary/aromatic N) is 1. The second kappa shape index (κ2) is 6.33. The highest BCUT2D eigenvalue weighted by Gasteiger charge is 2.18. The van der Waals surface area contributed by atoms with E-state index in [4.69, 9.17) is 0 Å². The molecule has 0 bridgehead atoms. The summed E-state index contributed by atoms with van der Waals surface area (Å²) in [7, 11) is 1.75. The molecule has 0 saturated heterocycles. The Bertz CT molecular complexity index is 583. The molecule has 0 fully saturated rings. The van der Waals surface area contributed by atoms with Crippen LogP contribution in [0.3, 0.4) is 0 Å². The van der Waals surface area contributed by atoms with Crippen LogP contribution in [-0.4, -0.2) is 17.9 Å². The number of halogens is 1. The number of amides is 1. The van der Waals surface area contributed by atoms with E-state index in [1.54, 1.807) is 30.1 Å². The van der Waals surface area contributed by atoms with E-state index < -0.39 is 0 Å². The Morgan fingerprint density at radius 1 is 1.10 bits per heavy atom. The molecule has 0 heterocycles. The van der Waals surface area contributed by atoms with Crippen LogP contribution >= 0.6 is 0 Å². The van der Waals surface area contributed by atoms with E-state index in [2.05, 4.69) is 0 Å². The predicted molar refractivity (Wildman–Crippen MR) is 77.7 cm³/mol. The number of carbonyl (C=O) groups is 1. The van der Waals surface area contributed by atoms with Crippen LogP contribution in [0, 0.1) is 5.82 Å². The molecule has 0 saturated carbocycles. The molecule has 1 atom stereocenters. The average Bonchev–Trinajstić information content (AvgIpc) is 2.49. The molecule has 0 aliphatic carbocycles. The first-order chi connectivity index (χ1) is 9.59. The molecule has 0 N–H and O–H groups in total. The maximum atomic E-state index is 13.6. The molecule has 0 aromatic heterocycles. The molecule has 0 aliphatic heterocycles. The zero-order valence-electron chi connectivity index (χ0n) is 11.7. The first-order valence-corrected chi connectivity index (χ1v) is 6.63. The Kier molecular flexibility index (Phi) is 4.51. The molecule has 1 unspecified atom stereocenters. The van der Waals surface area contributed by atoms with Crippen molar-refractivity contribution in [3.63, 3.8) is 0 Å². The fourth-order valence-corrected chi connectivity index (χ4v) is 2.10. The third-order valence-electron chi connectivity index (χ3n) is 3.56. The van der Waals surface area contributed by atoms with Gasteiger partial charge in [-0.3, -0.25) is 4.79 Å². The second-order valence-corrected chi connectivity index (χ2v) is 4.86. The van der Waals surface area contributed by atoms with Crippen molar-refractivity contribution in [1.82, 2.24) is 4.90 Å². The van der Waals surface area contributed by atoms with Crippen molar-refractivity contribution >= 4 is 5.91 Å². The van der Waals surface area contributed by atoms with Crippen molar-refractivity contribution in [2.45, 2.75) is 19.4 Å². The van der Waals surface area contributed by atoms with Crippen molar-refractivity contribution < 1.29 is 9.18 Å². The second-order valence-electron chi connectivity index (χ2n) is 4.86. The van der Waals surface area contributed by atoms with Gasteiger partial charge in [-0.1, -0.05) is 48.5 Å². The molecule has 20 heavy (non-hydrogen) atoms. The lowest BCUT2D eigenvalue weighted by atomic mass is 10.1. The highest BCUT2D eigenvalue weighted by Crippen LogP contribution is 2.19. The van der Waals surface area contributed by atoms with E-state index in [0.29, 0.717) is 5.56 Å². The van der Waals surface area contributed by atoms with Gasteiger partial charge < -0.3 is 4.90 Å². The van der Waals surface area contributed by atoms with Crippen molar-refractivity contribution in [1.29, 1.82) is 0 Å². The summed E-state index contributed by atoms with van der Waals surface area (Å²) < 4.78 is 13.6. The van der Waals surface area contributed by atoms with Crippen LogP contribution < -0.4 is 0 Å². The summed E-state index contributed by atoms with van der Waals surface area (Å²) in [6, 6.07) is 16.2. The van der Waals surface area contributed by atoms with Crippen LogP contribution in [0.25, 0.3) is 0 Å². The number of rotatable bonds is 4. The van der Waals surface area contributed by atoms with Gasteiger partial charge in [-0.15, -0.1) is 0 Å². The summed E-state index contributed by atoms with van der Waals surface area (Å²) in [5, 5.41) is 0. The molecule has 104 valence electrons. The largest absolute Gasteiger partial charge is 0.339 e. The number of likely N-dealkylation sites (N-methyl/N-ethyl adjacent to an activating group) is 1. The van der Waals surface area contributed by atoms with Gasteiger partial charge in [-0.05, 0) is 24.1 Å². The zero-order chi connectivity index (χ0) is 14.5. The summed E-state index contributed by atoms with van der Waals surface area (Å²) in [5.74, 6) is -0.423. The third kappa shape index (κ3) is 3.23. The van der Waals surface area contributed by atoms with E-state index in [9.17, 15) is 9.18 Å². The van der Waals surface area contributed by atoms with Crippen LogP contribution in [-0.2, 0) is 11.2 Å². The molecule has 3 heteroatoms. The van der Waals surface area contributed by atoms with E-state index >= 15 is 0 Å². The van der Waals surface area contributed by atoms with Crippen molar-refractivity contribution in [3.8, 4) is 0 Å². The number of hydrogen-bond acceptors (Lipinski definition) is 1. The lowest BCUT2D eigenvalue weighted by molar-refractivity contribution is -0.131. The van der Waals surface area contributed by atoms with Gasteiger partial charge in [-0.25, -0.2) is 4.39 Å². The van der Waals surface area contributed by atoms with E-state index in [1.165, 1.54) is 6.07 Å². The molecular formula is C17H18FNO. The van der Waals surface area contributed by atoms with E-state index in [-0.39, 0.29) is 24.2 Å². The minimum atomic E-state index is -0.332. The van der Waals surface area contributed by atoms with Gasteiger partial charge in [0.15, 0.2) is 0 Å². The van der Waals surface area contributed by atoms with Gasteiger partial charge in [0.05, 0.1) is 12.5 Å². The van der Waals surface area contributed by atoms with Crippen LogP contribution in [0.2, 0.25) is 0 Å². The molecular weight excluding hydrogens is 253 g/mol. The first kappa shape index (κ1) is 14.3. The average molecular weight is 271 g/mol. The van der Waals surface area contributed by atoms with Crippen molar-refractivity contribution in [3.05, 3.63) is 71.5 Å². The maximum Gasteiger partial charge on any atom is 0.227 e. The Morgan fingerprint density at radius 2 is 1.70 bits per heavy atom. The van der Waals surface area contributed by atoms with Crippen molar-refractivity contribution in [2.24, 2.45) is 0 Å². The third-order valence-corrected chi connectivity index (χ3v) is 3.56. The standard InChI is InChI=1S/C17H18FNO/c1-13(14-8-4-3-5-9-14)19(2)17(20)12-15-10-6-7-11-16(15)18/h3-11,13H,12H2,1-2H3. The van der Waals surface area contributed by atoms with Gasteiger partial charge in [-0.2, -0.15) is 0 Å². The number of hydrogen-bond donors (Lipinski definition) is 0. The van der Waals surface area contributed by atoms with Gasteiger partial charge in [0.2, 0.25) is 5.91 Å². The van der Waals surface area contributed by atoms with Gasteiger partial charge >= 0.3 is 0 Å². The number of carbonyl (C=O) groups excluding carboxylic acids is 1. The fourth-order valence-electron chi connectivity index (χ4n) is 2.10. The highest BCUT2D eigenvalue weighted by atomic mass is 19.1. The zero-order valence-corrected chi connectivity index (χ0v) is 11.7. The fraction of sp³-hybridized carbons (Fsp3) is 0.235. The lowest BCUT2D eigenvalue weighted by Crippen LogP contribution is -2.31. The molecule has 2 aromatic rings. The number of benzene rings is 2. The van der Waals surface area contributed by atoms with Crippen LogP contribution in [0.4, 0.5) is 4.39 Å². The van der Waals surface area contributed by atoms with Crippen molar-refractivity contribution in [2.75, 3.05) is 7.05 Å². The Hall–Kier alpha value is -2.16. The maximum absolute atomic E-state index is 13.6. The summed E-state index contributed by atoms with van der Waals surface area (Å²) in [6.07, 6.45) is 0.0837. The Balaban J connectivity index is 2.08. The normalized spacial score (nSPS) is 11.9. The molecule has 2 nitrogen and oxygen atoms in total. The van der Waals surface area contributed by atoms with Gasteiger partial charge in [0, 0.05) is 7.05 Å². The predicted octanol–water partition coefficient (Wildman–Crippen LogP) is 3.59.